The van der Waals surface area contributed by atoms with Crippen molar-refractivity contribution in [1.82, 2.24) is 9.13 Å². The summed E-state index contributed by atoms with van der Waals surface area (Å²) >= 11 is 0. The van der Waals surface area contributed by atoms with Gasteiger partial charge in [-0.05, 0) is 117 Å². The summed E-state index contributed by atoms with van der Waals surface area (Å²) in [6.07, 6.45) is 15.5. The third kappa shape index (κ3) is 6.03. The summed E-state index contributed by atoms with van der Waals surface area (Å²) in [6.45, 7) is 0. The smallest absolute Gasteiger partial charge is 0.0541 e. The Bertz CT molecular complexity index is 3800. The highest BCUT2D eigenvalue weighted by atomic mass is 15.0. The Morgan fingerprint density at radius 1 is 0.309 bits per heavy atom. The number of rotatable bonds is 6. The molecule has 10 aromatic carbocycles. The Labute approximate surface area is 396 Å². The van der Waals surface area contributed by atoms with Crippen LogP contribution in [0.1, 0.15) is 65.5 Å². The van der Waals surface area contributed by atoms with E-state index in [2.05, 4.69) is 240 Å². The number of hydrogen-bond donors (Lipinski definition) is 0. The molecule has 1 saturated carbocycles. The molecular weight excluding hydrogens is 821 g/mol. The zero-order valence-corrected chi connectivity index (χ0v) is 37.9. The minimum atomic E-state index is 0.0430. The number of aromatic nitrogens is 2. The fourth-order valence-electron chi connectivity index (χ4n) is 12.3. The number of benzene rings is 10. The maximum Gasteiger partial charge on any atom is 0.0541 e. The van der Waals surface area contributed by atoms with E-state index in [0.29, 0.717) is 0 Å². The van der Waals surface area contributed by atoms with Crippen LogP contribution in [-0.2, 0) is 5.41 Å². The van der Waals surface area contributed by atoms with E-state index >= 15 is 0 Å². The van der Waals surface area contributed by atoms with Crippen molar-refractivity contribution < 1.29 is 0 Å². The fourth-order valence-corrected chi connectivity index (χ4v) is 12.3. The second-order valence-electron chi connectivity index (χ2n) is 19.2. The van der Waals surface area contributed by atoms with Crippen molar-refractivity contribution in [3.05, 3.63) is 240 Å². The lowest BCUT2D eigenvalue weighted by Gasteiger charge is -2.36. The molecule has 12 aromatic rings. The van der Waals surface area contributed by atoms with Gasteiger partial charge >= 0.3 is 0 Å². The van der Waals surface area contributed by atoms with Gasteiger partial charge in [0.25, 0.3) is 0 Å². The van der Waals surface area contributed by atoms with Crippen molar-refractivity contribution in [3.63, 3.8) is 0 Å². The summed E-state index contributed by atoms with van der Waals surface area (Å²) in [5.41, 5.74) is 18.2. The van der Waals surface area contributed by atoms with Gasteiger partial charge in [0, 0.05) is 37.7 Å². The highest BCUT2D eigenvalue weighted by Crippen LogP contribution is 2.56. The average Bonchev–Trinajstić information content (AvgIpc) is 4.00. The van der Waals surface area contributed by atoms with Crippen LogP contribution in [0.5, 0.6) is 0 Å². The Hall–Kier alpha value is -8.20. The van der Waals surface area contributed by atoms with Gasteiger partial charge in [0.05, 0.1) is 33.4 Å². The first-order valence-electron chi connectivity index (χ1n) is 24.4. The standard InChI is InChI=1S/C66H48N2/c1-10-38-66(39-11-1)58-42-46(28-26-44-32-36-64-56(40-44)54-20-6-8-22-62(54)67(64)60-24-12-16-48-14-2-4-18-50(48)60)30-34-52(58)53-35-31-47(43-59(53)66)29-27-45-33-37-65-57(41-45)55-21-7-9-23-63(55)68(65)61-25-13-17-49-15-3-5-19-51(49)61/h2-9,12-37,40-43H,1,10-11,38-39H2/b28-26+,29-27+. The Balaban J connectivity index is 0.791. The average molecular weight is 869 g/mol. The first-order valence-corrected chi connectivity index (χ1v) is 24.4. The predicted molar refractivity (Wildman–Crippen MR) is 290 cm³/mol. The molecule has 2 aliphatic rings. The summed E-state index contributed by atoms with van der Waals surface area (Å²) in [7, 11) is 0. The highest BCUT2D eigenvalue weighted by molar-refractivity contribution is 6.12. The normalized spacial score (nSPS) is 14.5. The molecule has 2 heteroatoms. The molecular formula is C66H48N2. The van der Waals surface area contributed by atoms with E-state index in [9.17, 15) is 0 Å². The third-order valence-electron chi connectivity index (χ3n) is 15.5. The van der Waals surface area contributed by atoms with Gasteiger partial charge in [-0.15, -0.1) is 0 Å². The van der Waals surface area contributed by atoms with Crippen molar-refractivity contribution >= 4 is 89.5 Å². The molecule has 0 bridgehead atoms. The molecule has 0 unspecified atom stereocenters. The lowest BCUT2D eigenvalue weighted by molar-refractivity contribution is 0.353. The van der Waals surface area contributed by atoms with E-state index in [0.717, 1.165) is 0 Å². The quantitative estimate of drug-likeness (QED) is 0.147. The van der Waals surface area contributed by atoms with Crippen molar-refractivity contribution in [2.45, 2.75) is 37.5 Å². The van der Waals surface area contributed by atoms with Crippen molar-refractivity contribution in [1.29, 1.82) is 0 Å². The molecule has 2 heterocycles. The molecule has 0 saturated heterocycles. The highest BCUT2D eigenvalue weighted by Gasteiger charge is 2.43. The van der Waals surface area contributed by atoms with Gasteiger partial charge in [0.1, 0.15) is 0 Å². The van der Waals surface area contributed by atoms with E-state index in [1.54, 1.807) is 0 Å². The number of hydrogen-bond acceptors (Lipinski definition) is 0. The molecule has 14 rings (SSSR count). The van der Waals surface area contributed by atoms with Crippen LogP contribution < -0.4 is 0 Å². The van der Waals surface area contributed by atoms with Gasteiger partial charge in [-0.2, -0.15) is 0 Å². The van der Waals surface area contributed by atoms with Gasteiger partial charge < -0.3 is 9.13 Å². The zero-order valence-electron chi connectivity index (χ0n) is 37.9. The molecule has 0 aliphatic heterocycles. The monoisotopic (exact) mass is 868 g/mol. The zero-order chi connectivity index (χ0) is 44.8. The van der Waals surface area contributed by atoms with Gasteiger partial charge in [-0.1, -0.05) is 201 Å². The van der Waals surface area contributed by atoms with Crippen LogP contribution in [0.25, 0.3) is 112 Å². The molecule has 2 aromatic heterocycles. The van der Waals surface area contributed by atoms with Crippen LogP contribution in [0.4, 0.5) is 0 Å². The van der Waals surface area contributed by atoms with Crippen LogP contribution in [0.2, 0.25) is 0 Å². The summed E-state index contributed by atoms with van der Waals surface area (Å²) in [6, 6.07) is 76.7. The van der Waals surface area contributed by atoms with Crippen LogP contribution in [-0.4, -0.2) is 9.13 Å². The summed E-state index contributed by atoms with van der Waals surface area (Å²) in [5.74, 6) is 0. The van der Waals surface area contributed by atoms with Crippen LogP contribution >= 0.6 is 0 Å². The molecule has 0 radical (unpaired) electrons. The second kappa shape index (κ2) is 15.4. The molecule has 2 nitrogen and oxygen atoms in total. The van der Waals surface area contributed by atoms with Crippen LogP contribution in [0, 0.1) is 0 Å². The minimum Gasteiger partial charge on any atom is -0.309 e. The molecule has 1 spiro atoms. The van der Waals surface area contributed by atoms with Gasteiger partial charge in [-0.25, -0.2) is 0 Å². The van der Waals surface area contributed by atoms with Crippen LogP contribution in [0.15, 0.2) is 206 Å². The maximum absolute atomic E-state index is 2.52. The maximum atomic E-state index is 2.52. The van der Waals surface area contributed by atoms with Crippen molar-refractivity contribution in [3.8, 4) is 22.5 Å². The van der Waals surface area contributed by atoms with Gasteiger partial charge in [-0.3, -0.25) is 0 Å². The molecule has 2 aliphatic carbocycles. The molecule has 68 heavy (non-hydrogen) atoms. The number of para-hydroxylation sites is 2. The lowest BCUT2D eigenvalue weighted by Crippen LogP contribution is -2.28. The largest absolute Gasteiger partial charge is 0.309 e. The first-order chi connectivity index (χ1) is 33.7. The summed E-state index contributed by atoms with van der Waals surface area (Å²) in [4.78, 5) is 0. The number of fused-ring (bicyclic) bond motifs is 13. The van der Waals surface area contributed by atoms with E-state index in [1.165, 1.54) is 153 Å². The summed E-state index contributed by atoms with van der Waals surface area (Å²) in [5, 5.41) is 10.1. The Morgan fingerprint density at radius 3 is 1.18 bits per heavy atom. The first kappa shape index (κ1) is 39.0. The molecule has 1 fully saturated rings. The Kier molecular flexibility index (Phi) is 8.86. The topological polar surface area (TPSA) is 9.86 Å². The molecule has 0 N–H and O–H groups in total. The van der Waals surface area contributed by atoms with E-state index in [-0.39, 0.29) is 5.41 Å². The summed E-state index contributed by atoms with van der Waals surface area (Å²) < 4.78 is 4.88. The Morgan fingerprint density at radius 2 is 0.691 bits per heavy atom. The molecule has 0 amide bonds. The predicted octanol–water partition coefficient (Wildman–Crippen LogP) is 17.8. The SMILES string of the molecule is C(=C\c1ccc2c(c1)c1ccccc1n2-c1cccc2ccccc12)/c1ccc2c(c1)C1(CCCCC1)c1cc(/C=C/c3ccc4c(c3)c3ccccc3n4-c3cccc4ccccc34)ccc1-2. The lowest BCUT2D eigenvalue weighted by atomic mass is 9.67. The van der Waals surface area contributed by atoms with E-state index < -0.39 is 0 Å². The van der Waals surface area contributed by atoms with Crippen molar-refractivity contribution in [2.24, 2.45) is 0 Å². The minimum absolute atomic E-state index is 0.0430. The van der Waals surface area contributed by atoms with E-state index in [4.69, 9.17) is 0 Å². The van der Waals surface area contributed by atoms with E-state index in [1.807, 2.05) is 0 Å². The second-order valence-corrected chi connectivity index (χ2v) is 19.2. The molecule has 0 atom stereocenters. The number of nitrogens with zero attached hydrogens (tertiary/aromatic N) is 2. The van der Waals surface area contributed by atoms with Crippen molar-refractivity contribution in [2.75, 3.05) is 0 Å². The third-order valence-corrected chi connectivity index (χ3v) is 15.5. The fraction of sp³-hybridized carbons (Fsp3) is 0.0909. The molecule has 322 valence electrons. The van der Waals surface area contributed by atoms with Gasteiger partial charge in [0.2, 0.25) is 0 Å². The van der Waals surface area contributed by atoms with Gasteiger partial charge in [0.15, 0.2) is 0 Å². The van der Waals surface area contributed by atoms with Crippen LogP contribution in [0.3, 0.4) is 0 Å².